The molecule has 0 fully saturated rings. The molecule has 0 amide bonds. The number of halogens is 1. The highest BCUT2D eigenvalue weighted by Crippen LogP contribution is 2.43. The molecule has 3 atom stereocenters. The van der Waals surface area contributed by atoms with Gasteiger partial charge >= 0.3 is 19.8 Å². The summed E-state index contributed by atoms with van der Waals surface area (Å²) < 4.78 is 48.2. The number of hydrogen-bond acceptors (Lipinski definition) is 7. The minimum atomic E-state index is -4.42. The largest absolute Gasteiger partial charge is 0.472 e. The minimum Gasteiger partial charge on any atom is -0.462 e. The fraction of sp³-hybridized carbons (Fsp3) is 0.944. The van der Waals surface area contributed by atoms with E-state index in [4.69, 9.17) is 18.5 Å². The number of hydrogen-bond donors (Lipinski definition) is 1. The van der Waals surface area contributed by atoms with Crippen LogP contribution in [0.4, 0.5) is 4.39 Å². The molecule has 0 spiro atoms. The fourth-order valence-corrected chi connectivity index (χ4v) is 5.86. The summed E-state index contributed by atoms with van der Waals surface area (Å²) in [5.74, 6) is -1.10. The van der Waals surface area contributed by atoms with Crippen molar-refractivity contribution < 1.29 is 46.4 Å². The molecular weight excluding hydrogens is 624 g/mol. The van der Waals surface area contributed by atoms with Gasteiger partial charge in [-0.2, -0.15) is 0 Å². The van der Waals surface area contributed by atoms with Crippen molar-refractivity contribution in [1.29, 1.82) is 0 Å². The number of alkyl halides is 1. The lowest BCUT2D eigenvalue weighted by atomic mass is 10.0. The lowest BCUT2D eigenvalue weighted by Crippen LogP contribution is -2.37. The molecule has 0 bridgehead atoms. The van der Waals surface area contributed by atoms with E-state index in [0.29, 0.717) is 23.9 Å². The Labute approximate surface area is 287 Å². The van der Waals surface area contributed by atoms with Crippen LogP contribution in [-0.4, -0.2) is 81.1 Å². The Balaban J connectivity index is 4.55. The summed E-state index contributed by atoms with van der Waals surface area (Å²) in [7, 11) is 1.34. The summed E-state index contributed by atoms with van der Waals surface area (Å²) in [6.07, 6.45) is 20.2. The molecule has 0 aromatic heterocycles. The zero-order chi connectivity index (χ0) is 35.2. The Morgan fingerprint density at radius 2 is 1.15 bits per heavy atom. The fourth-order valence-electron chi connectivity index (χ4n) is 5.12. The van der Waals surface area contributed by atoms with Crippen LogP contribution in [-0.2, 0) is 32.7 Å². The Kier molecular flexibility index (Phi) is 29.1. The van der Waals surface area contributed by atoms with Gasteiger partial charge in [-0.25, -0.2) is 8.96 Å². The average Bonchev–Trinajstić information content (AvgIpc) is 3.00. The SMILES string of the molecule is CCCCCCCCCCCCCC(=O)OC[C@H](COP(=O)(O)OCC[N+](C)(C)C)OC(=O)CCC(F)CCCCCCCCCC. The van der Waals surface area contributed by atoms with Crippen molar-refractivity contribution in [2.75, 3.05) is 47.5 Å². The maximum Gasteiger partial charge on any atom is 0.472 e. The first kappa shape index (κ1) is 45.9. The highest BCUT2D eigenvalue weighted by Gasteiger charge is 2.27. The third-order valence-corrected chi connectivity index (χ3v) is 9.17. The molecule has 0 saturated carbocycles. The van der Waals surface area contributed by atoms with Crippen LogP contribution in [0.5, 0.6) is 0 Å². The van der Waals surface area contributed by atoms with Crippen LogP contribution >= 0.6 is 7.82 Å². The normalized spacial score (nSPS) is 14.4. The Morgan fingerprint density at radius 1 is 0.660 bits per heavy atom. The van der Waals surface area contributed by atoms with Gasteiger partial charge in [-0.3, -0.25) is 18.6 Å². The van der Waals surface area contributed by atoms with Crippen LogP contribution in [0.3, 0.4) is 0 Å². The predicted octanol–water partition coefficient (Wildman–Crippen LogP) is 9.63. The number of nitrogens with zero attached hydrogens (tertiary/aromatic N) is 1. The molecule has 1 N–H and O–H groups in total. The van der Waals surface area contributed by atoms with Crippen LogP contribution in [0.15, 0.2) is 0 Å². The maximum atomic E-state index is 14.4. The van der Waals surface area contributed by atoms with Gasteiger partial charge < -0.3 is 18.9 Å². The molecule has 0 aliphatic carbocycles. The van der Waals surface area contributed by atoms with E-state index in [2.05, 4.69) is 13.8 Å². The zero-order valence-electron chi connectivity index (χ0n) is 30.8. The number of quaternary nitrogens is 1. The molecule has 47 heavy (non-hydrogen) atoms. The Morgan fingerprint density at radius 3 is 1.66 bits per heavy atom. The van der Waals surface area contributed by atoms with Gasteiger partial charge in [0.25, 0.3) is 0 Å². The smallest absolute Gasteiger partial charge is 0.462 e. The molecule has 0 aliphatic rings. The van der Waals surface area contributed by atoms with Crippen molar-refractivity contribution in [3.63, 3.8) is 0 Å². The van der Waals surface area contributed by atoms with E-state index in [9.17, 15) is 23.4 Å². The van der Waals surface area contributed by atoms with Gasteiger partial charge in [0, 0.05) is 12.8 Å². The second-order valence-corrected chi connectivity index (χ2v) is 15.5. The number of likely N-dealkylation sites (N-methyl/N-ethyl adjacent to an activating group) is 1. The van der Waals surface area contributed by atoms with Gasteiger partial charge in [0.1, 0.15) is 25.9 Å². The van der Waals surface area contributed by atoms with E-state index >= 15 is 0 Å². The van der Waals surface area contributed by atoms with Crippen molar-refractivity contribution in [1.82, 2.24) is 0 Å². The topological polar surface area (TPSA) is 108 Å². The van der Waals surface area contributed by atoms with Gasteiger partial charge in [0.05, 0.1) is 27.7 Å². The second-order valence-electron chi connectivity index (χ2n) is 14.1. The molecule has 11 heteroatoms. The number of unbranched alkanes of at least 4 members (excludes halogenated alkanes) is 17. The third kappa shape index (κ3) is 33.2. The van der Waals surface area contributed by atoms with Crippen LogP contribution in [0.25, 0.3) is 0 Å². The minimum absolute atomic E-state index is 0.00752. The van der Waals surface area contributed by atoms with Crippen molar-refractivity contribution in [3.05, 3.63) is 0 Å². The Bertz CT molecular complexity index is 810. The summed E-state index contributed by atoms with van der Waals surface area (Å²) in [6, 6.07) is 0. The van der Waals surface area contributed by atoms with E-state index in [1.807, 2.05) is 21.1 Å². The van der Waals surface area contributed by atoms with Gasteiger partial charge in [-0.15, -0.1) is 0 Å². The number of esters is 2. The summed E-state index contributed by atoms with van der Waals surface area (Å²) in [4.78, 5) is 35.0. The second kappa shape index (κ2) is 29.8. The summed E-state index contributed by atoms with van der Waals surface area (Å²) in [5, 5.41) is 0. The quantitative estimate of drug-likeness (QED) is 0.0307. The zero-order valence-corrected chi connectivity index (χ0v) is 31.7. The van der Waals surface area contributed by atoms with Gasteiger partial charge in [0.2, 0.25) is 0 Å². The standard InChI is InChI=1S/C36H71FNO8P/c1-6-8-10-12-14-16-17-18-20-22-24-26-35(39)43-31-34(32-45-47(41,42)44-30-29-38(3,4)5)46-36(40)28-27-33(37)25-23-21-19-15-13-11-9-7-2/h33-34H,6-32H2,1-5H3/p+1/t33?,34-/m1/s1. The summed E-state index contributed by atoms with van der Waals surface area (Å²) >= 11 is 0. The van der Waals surface area contributed by atoms with Crippen LogP contribution < -0.4 is 0 Å². The molecule has 0 heterocycles. The number of phosphoric acid groups is 1. The summed E-state index contributed by atoms with van der Waals surface area (Å²) in [5.41, 5.74) is 0. The van der Waals surface area contributed by atoms with Crippen LogP contribution in [0.2, 0.25) is 0 Å². The predicted molar refractivity (Wildman–Crippen MR) is 188 cm³/mol. The highest BCUT2D eigenvalue weighted by atomic mass is 31.2. The van der Waals surface area contributed by atoms with E-state index in [1.165, 1.54) is 77.0 Å². The van der Waals surface area contributed by atoms with E-state index in [-0.39, 0.29) is 32.5 Å². The lowest BCUT2D eigenvalue weighted by molar-refractivity contribution is -0.870. The van der Waals surface area contributed by atoms with E-state index in [0.717, 1.165) is 38.5 Å². The molecular formula is C36H72FNO8P+. The molecule has 0 radical (unpaired) electrons. The van der Waals surface area contributed by atoms with Crippen molar-refractivity contribution in [3.8, 4) is 0 Å². The van der Waals surface area contributed by atoms with E-state index in [1.54, 1.807) is 0 Å². The van der Waals surface area contributed by atoms with Crippen molar-refractivity contribution in [2.45, 2.75) is 174 Å². The number of carbonyl (C=O) groups is 2. The molecule has 0 saturated heterocycles. The number of carbonyl (C=O) groups excluding carboxylic acids is 2. The number of rotatable bonds is 34. The van der Waals surface area contributed by atoms with Crippen molar-refractivity contribution in [2.24, 2.45) is 0 Å². The molecule has 2 unspecified atom stereocenters. The molecule has 0 aliphatic heterocycles. The Hall–Kier alpha value is -1.06. The van der Waals surface area contributed by atoms with Gasteiger partial charge in [0.15, 0.2) is 6.10 Å². The highest BCUT2D eigenvalue weighted by molar-refractivity contribution is 7.47. The van der Waals surface area contributed by atoms with E-state index < -0.39 is 38.6 Å². The lowest BCUT2D eigenvalue weighted by Gasteiger charge is -2.24. The van der Waals surface area contributed by atoms with Crippen molar-refractivity contribution >= 4 is 19.8 Å². The molecule has 9 nitrogen and oxygen atoms in total. The monoisotopic (exact) mass is 696 g/mol. The van der Waals surface area contributed by atoms with Crippen LogP contribution in [0, 0.1) is 0 Å². The molecule has 280 valence electrons. The summed E-state index contributed by atoms with van der Waals surface area (Å²) in [6.45, 7) is 4.07. The maximum absolute atomic E-state index is 14.4. The molecule has 0 aromatic rings. The third-order valence-electron chi connectivity index (χ3n) is 8.19. The molecule has 0 aromatic carbocycles. The van der Waals surface area contributed by atoms with Gasteiger partial charge in [-0.1, -0.05) is 129 Å². The molecule has 0 rings (SSSR count). The number of ether oxygens (including phenoxy) is 2. The first-order valence-electron chi connectivity index (χ1n) is 18.8. The van der Waals surface area contributed by atoms with Gasteiger partial charge in [-0.05, 0) is 19.3 Å². The number of phosphoric ester groups is 1. The van der Waals surface area contributed by atoms with Crippen LogP contribution in [0.1, 0.15) is 162 Å². The average molecular weight is 697 g/mol. The first-order valence-corrected chi connectivity index (χ1v) is 20.3. The first-order chi connectivity index (χ1) is 22.4.